The van der Waals surface area contributed by atoms with E-state index in [0.717, 1.165) is 27.6 Å². The van der Waals surface area contributed by atoms with Crippen molar-refractivity contribution < 1.29 is 5.21 Å². The molecule has 0 unspecified atom stereocenters. The second-order valence-electron chi connectivity index (χ2n) is 3.18. The number of rotatable bonds is 3. The maximum Gasteiger partial charge on any atom is 0.173 e. The van der Waals surface area contributed by atoms with Gasteiger partial charge >= 0.3 is 0 Å². The van der Waals surface area contributed by atoms with Crippen molar-refractivity contribution >= 4 is 17.6 Å². The van der Waals surface area contributed by atoms with Crippen molar-refractivity contribution in [2.45, 2.75) is 25.8 Å². The molecule has 1 aromatic heterocycles. The minimum atomic E-state index is 0.121. The number of amidine groups is 1. The van der Waals surface area contributed by atoms with Crippen LogP contribution in [0, 0.1) is 13.8 Å². The fourth-order valence-electron chi connectivity index (χ4n) is 1.41. The summed E-state index contributed by atoms with van der Waals surface area (Å²) in [5.74, 6) is 1.03. The molecule has 0 atom stereocenters. The molecule has 1 heterocycles. The number of pyridine rings is 1. The Balaban J connectivity index is 3.33. The van der Waals surface area contributed by atoms with Crippen molar-refractivity contribution in [1.29, 1.82) is 0 Å². The molecule has 0 aliphatic heterocycles. The molecule has 3 N–H and O–H groups in total. The van der Waals surface area contributed by atoms with Gasteiger partial charge in [-0.25, -0.2) is 4.98 Å². The number of thioether (sulfide) groups is 1. The molecule has 0 bridgehead atoms. The normalized spacial score (nSPS) is 11.8. The van der Waals surface area contributed by atoms with Crippen molar-refractivity contribution in [2.75, 3.05) is 5.75 Å². The summed E-state index contributed by atoms with van der Waals surface area (Å²) in [6, 6.07) is 1.92. The molecule has 15 heavy (non-hydrogen) atoms. The topological polar surface area (TPSA) is 71.5 Å². The highest BCUT2D eigenvalue weighted by atomic mass is 32.2. The summed E-state index contributed by atoms with van der Waals surface area (Å²) >= 11 is 1.59. The Labute approximate surface area is 93.6 Å². The predicted molar refractivity (Wildman–Crippen MR) is 62.6 cm³/mol. The van der Waals surface area contributed by atoms with Gasteiger partial charge in [0.1, 0.15) is 5.03 Å². The average molecular weight is 225 g/mol. The van der Waals surface area contributed by atoms with E-state index in [1.165, 1.54) is 0 Å². The fraction of sp³-hybridized carbons (Fsp3) is 0.400. The Morgan fingerprint density at radius 2 is 2.27 bits per heavy atom. The molecular weight excluding hydrogens is 210 g/mol. The van der Waals surface area contributed by atoms with Crippen LogP contribution in [0.3, 0.4) is 0 Å². The summed E-state index contributed by atoms with van der Waals surface area (Å²) < 4.78 is 0. The molecule has 0 aliphatic carbocycles. The van der Waals surface area contributed by atoms with Gasteiger partial charge in [-0.15, -0.1) is 11.8 Å². The average Bonchev–Trinajstić information content (AvgIpc) is 2.16. The molecule has 1 rings (SSSR count). The van der Waals surface area contributed by atoms with E-state index in [2.05, 4.69) is 10.1 Å². The Kier molecular flexibility index (Phi) is 3.96. The lowest BCUT2D eigenvalue weighted by Gasteiger charge is -2.10. The highest BCUT2D eigenvalue weighted by Crippen LogP contribution is 2.23. The lowest BCUT2D eigenvalue weighted by atomic mass is 10.1. The Morgan fingerprint density at radius 3 is 2.80 bits per heavy atom. The van der Waals surface area contributed by atoms with Crippen molar-refractivity contribution in [3.8, 4) is 0 Å². The van der Waals surface area contributed by atoms with Gasteiger partial charge in [-0.2, -0.15) is 0 Å². The zero-order valence-electron chi connectivity index (χ0n) is 9.11. The number of hydrogen-bond donors (Lipinski definition) is 2. The summed E-state index contributed by atoms with van der Waals surface area (Å²) in [5, 5.41) is 12.6. The first-order valence-electron chi connectivity index (χ1n) is 4.69. The van der Waals surface area contributed by atoms with Crippen LogP contribution >= 0.6 is 11.8 Å². The van der Waals surface area contributed by atoms with Crippen molar-refractivity contribution in [3.05, 3.63) is 22.9 Å². The predicted octanol–water partition coefficient (Wildman–Crippen LogP) is 1.90. The fourth-order valence-corrected chi connectivity index (χ4v) is 2.30. The van der Waals surface area contributed by atoms with Crippen LogP contribution < -0.4 is 5.73 Å². The van der Waals surface area contributed by atoms with Gasteiger partial charge in [0.15, 0.2) is 5.84 Å². The first-order chi connectivity index (χ1) is 7.10. The molecule has 1 aromatic rings. The van der Waals surface area contributed by atoms with Crippen LogP contribution in [0.2, 0.25) is 0 Å². The van der Waals surface area contributed by atoms with Crippen molar-refractivity contribution in [3.63, 3.8) is 0 Å². The summed E-state index contributed by atoms with van der Waals surface area (Å²) in [6.07, 6.45) is 0. The van der Waals surface area contributed by atoms with Crippen molar-refractivity contribution in [2.24, 2.45) is 10.9 Å². The zero-order chi connectivity index (χ0) is 11.4. The van der Waals surface area contributed by atoms with Crippen LogP contribution in [-0.4, -0.2) is 21.8 Å². The standard InChI is InChI=1S/C10H15N3OS/c1-4-15-10-8(9(11)13-14)6(2)5-7(3)12-10/h5,14H,4H2,1-3H3,(H2,11,13). The molecule has 82 valence electrons. The molecule has 0 amide bonds. The van der Waals surface area contributed by atoms with Gasteiger partial charge in [0.05, 0.1) is 5.56 Å². The van der Waals surface area contributed by atoms with E-state index in [4.69, 9.17) is 10.9 Å². The monoisotopic (exact) mass is 225 g/mol. The minimum absolute atomic E-state index is 0.121. The molecule has 0 saturated carbocycles. The second-order valence-corrected chi connectivity index (χ2v) is 4.43. The van der Waals surface area contributed by atoms with Crippen LogP contribution in [0.5, 0.6) is 0 Å². The third-order valence-corrected chi connectivity index (χ3v) is 2.81. The number of aryl methyl sites for hydroxylation is 2. The summed E-state index contributed by atoms with van der Waals surface area (Å²) in [6.45, 7) is 5.91. The molecule has 0 saturated heterocycles. The van der Waals surface area contributed by atoms with Crippen molar-refractivity contribution in [1.82, 2.24) is 4.98 Å². The lowest BCUT2D eigenvalue weighted by molar-refractivity contribution is 0.318. The second kappa shape index (κ2) is 5.02. The van der Waals surface area contributed by atoms with Gasteiger partial charge in [-0.05, 0) is 31.2 Å². The van der Waals surface area contributed by atoms with Crippen LogP contribution in [0.25, 0.3) is 0 Å². The first kappa shape index (κ1) is 11.8. The minimum Gasteiger partial charge on any atom is -0.409 e. The van der Waals surface area contributed by atoms with E-state index >= 15 is 0 Å². The summed E-state index contributed by atoms with van der Waals surface area (Å²) in [4.78, 5) is 4.38. The van der Waals surface area contributed by atoms with E-state index in [0.29, 0.717) is 0 Å². The highest BCUT2D eigenvalue weighted by molar-refractivity contribution is 7.99. The Morgan fingerprint density at radius 1 is 1.60 bits per heavy atom. The summed E-state index contributed by atoms with van der Waals surface area (Å²) in [7, 11) is 0. The van der Waals surface area contributed by atoms with Gasteiger partial charge < -0.3 is 10.9 Å². The van der Waals surface area contributed by atoms with E-state index in [1.807, 2.05) is 26.8 Å². The van der Waals surface area contributed by atoms with Crippen LogP contribution in [0.4, 0.5) is 0 Å². The van der Waals surface area contributed by atoms with Gasteiger partial charge in [0, 0.05) is 5.69 Å². The van der Waals surface area contributed by atoms with Gasteiger partial charge in [-0.3, -0.25) is 0 Å². The molecule has 0 aromatic carbocycles. The number of aromatic nitrogens is 1. The van der Waals surface area contributed by atoms with E-state index < -0.39 is 0 Å². The molecule has 0 fully saturated rings. The van der Waals surface area contributed by atoms with Crippen LogP contribution in [-0.2, 0) is 0 Å². The zero-order valence-corrected chi connectivity index (χ0v) is 9.93. The maximum atomic E-state index is 8.70. The smallest absolute Gasteiger partial charge is 0.173 e. The van der Waals surface area contributed by atoms with Crippen LogP contribution in [0.1, 0.15) is 23.7 Å². The molecular formula is C10H15N3OS. The quantitative estimate of drug-likeness (QED) is 0.271. The molecule has 5 heteroatoms. The lowest BCUT2D eigenvalue weighted by Crippen LogP contribution is -2.17. The molecule has 0 spiro atoms. The molecule has 0 aliphatic rings. The third kappa shape index (κ3) is 2.62. The SMILES string of the molecule is CCSc1nc(C)cc(C)c1C(N)=NO. The van der Waals surface area contributed by atoms with E-state index in [9.17, 15) is 0 Å². The number of hydrogen-bond acceptors (Lipinski definition) is 4. The maximum absolute atomic E-state index is 8.70. The number of nitrogens with two attached hydrogens (primary N) is 1. The van der Waals surface area contributed by atoms with E-state index in [-0.39, 0.29) is 5.84 Å². The molecule has 0 radical (unpaired) electrons. The number of oxime groups is 1. The van der Waals surface area contributed by atoms with E-state index in [1.54, 1.807) is 11.8 Å². The molecule has 4 nitrogen and oxygen atoms in total. The third-order valence-electron chi connectivity index (χ3n) is 1.96. The Bertz CT molecular complexity index is 390. The van der Waals surface area contributed by atoms with Gasteiger partial charge in [0.2, 0.25) is 0 Å². The largest absolute Gasteiger partial charge is 0.409 e. The summed E-state index contributed by atoms with van der Waals surface area (Å²) in [5.41, 5.74) is 8.28. The Hall–Kier alpha value is -1.23. The van der Waals surface area contributed by atoms with Gasteiger partial charge in [0.25, 0.3) is 0 Å². The van der Waals surface area contributed by atoms with Gasteiger partial charge in [-0.1, -0.05) is 12.1 Å². The van der Waals surface area contributed by atoms with Crippen LogP contribution in [0.15, 0.2) is 16.2 Å². The first-order valence-corrected chi connectivity index (χ1v) is 5.67. The highest BCUT2D eigenvalue weighted by Gasteiger charge is 2.12. The number of nitrogens with zero attached hydrogens (tertiary/aromatic N) is 2.